The van der Waals surface area contributed by atoms with E-state index in [9.17, 15) is 0 Å². The van der Waals surface area contributed by atoms with Crippen LogP contribution in [0.15, 0.2) is 188 Å². The molecule has 0 N–H and O–H groups in total. The van der Waals surface area contributed by atoms with Crippen molar-refractivity contribution in [2.45, 2.75) is 0 Å². The lowest BCUT2D eigenvalue weighted by Gasteiger charge is -2.19. The Kier molecular flexibility index (Phi) is 7.06. The van der Waals surface area contributed by atoms with Crippen molar-refractivity contribution in [3.05, 3.63) is 188 Å². The zero-order valence-electron chi connectivity index (χ0n) is 27.3. The minimum atomic E-state index is 1.15. The maximum atomic E-state index is 2.46. The number of aromatic nitrogens is 1. The predicted octanol–water partition coefficient (Wildman–Crippen LogP) is 12.7. The van der Waals surface area contributed by atoms with Gasteiger partial charge in [-0.1, -0.05) is 140 Å². The lowest BCUT2D eigenvalue weighted by atomic mass is 9.98. The van der Waals surface area contributed by atoms with Crippen LogP contribution in [0.3, 0.4) is 0 Å². The molecule has 2 nitrogen and oxygen atoms in total. The summed E-state index contributed by atoms with van der Waals surface area (Å²) in [6.45, 7) is 0. The van der Waals surface area contributed by atoms with E-state index in [0.29, 0.717) is 0 Å². The number of hydrogen-bond donors (Lipinski definition) is 0. The summed E-state index contributed by atoms with van der Waals surface area (Å²) in [5, 5.41) is 5.02. The van der Waals surface area contributed by atoms with Crippen LogP contribution >= 0.6 is 0 Å². The highest BCUT2D eigenvalue weighted by Gasteiger charge is 2.18. The molecule has 0 fully saturated rings. The lowest BCUT2D eigenvalue weighted by molar-refractivity contribution is 1.18. The molecule has 2 heteroatoms. The molecule has 0 aliphatic rings. The highest BCUT2D eigenvalue weighted by Crippen LogP contribution is 2.40. The fraction of sp³-hybridized carbons (Fsp3) is 0.0213. The molecule has 0 atom stereocenters. The minimum absolute atomic E-state index is 1.15. The first-order chi connectivity index (χ1) is 24.2. The van der Waals surface area contributed by atoms with E-state index in [0.717, 1.165) is 11.4 Å². The van der Waals surface area contributed by atoms with Crippen LogP contribution in [0.25, 0.3) is 71.6 Å². The van der Waals surface area contributed by atoms with Gasteiger partial charge in [-0.2, -0.15) is 0 Å². The van der Waals surface area contributed by atoms with E-state index >= 15 is 0 Å². The number of hydrogen-bond acceptors (Lipinski definition) is 1. The van der Waals surface area contributed by atoms with Gasteiger partial charge in [0, 0.05) is 40.4 Å². The van der Waals surface area contributed by atoms with E-state index < -0.39 is 0 Å². The summed E-state index contributed by atoms with van der Waals surface area (Å²) in [7, 11) is 2.11. The highest BCUT2D eigenvalue weighted by molar-refractivity contribution is 6.17. The molecule has 1 aromatic heterocycles. The van der Waals surface area contributed by atoms with Crippen molar-refractivity contribution in [2.75, 3.05) is 11.9 Å². The van der Waals surface area contributed by atoms with Gasteiger partial charge in [0.25, 0.3) is 0 Å². The average Bonchev–Trinajstić information content (AvgIpc) is 3.51. The second kappa shape index (κ2) is 12.0. The van der Waals surface area contributed by atoms with Crippen LogP contribution in [-0.4, -0.2) is 11.6 Å². The van der Waals surface area contributed by atoms with E-state index in [1.165, 1.54) is 71.6 Å². The Bertz CT molecular complexity index is 2560. The van der Waals surface area contributed by atoms with Gasteiger partial charge >= 0.3 is 0 Å². The SMILES string of the molecule is CN(c1ccccc1)c1ccc(-c2ccc(-c3cccc4c5cc6ccccc6cc5n(-c5ccc(-c6ccccc6)cc5)c34)cc2)cc1. The lowest BCUT2D eigenvalue weighted by Crippen LogP contribution is -2.08. The van der Waals surface area contributed by atoms with Gasteiger partial charge in [-0.15, -0.1) is 0 Å². The van der Waals surface area contributed by atoms with Gasteiger partial charge in [0.2, 0.25) is 0 Å². The molecule has 0 spiro atoms. The molecule has 0 amide bonds. The van der Waals surface area contributed by atoms with Crippen LogP contribution in [-0.2, 0) is 0 Å². The van der Waals surface area contributed by atoms with Crippen LogP contribution in [0.2, 0.25) is 0 Å². The van der Waals surface area contributed by atoms with Gasteiger partial charge in [0.1, 0.15) is 0 Å². The highest BCUT2D eigenvalue weighted by atomic mass is 15.1. The third-order valence-electron chi connectivity index (χ3n) is 9.81. The van der Waals surface area contributed by atoms with E-state index in [-0.39, 0.29) is 0 Å². The number of nitrogens with zero attached hydrogens (tertiary/aromatic N) is 2. The summed E-state index contributed by atoms with van der Waals surface area (Å²) in [5.41, 5.74) is 13.2. The van der Waals surface area contributed by atoms with Crippen LogP contribution in [0.5, 0.6) is 0 Å². The van der Waals surface area contributed by atoms with Gasteiger partial charge < -0.3 is 9.47 Å². The molecule has 0 aliphatic heterocycles. The van der Waals surface area contributed by atoms with E-state index in [4.69, 9.17) is 0 Å². The van der Waals surface area contributed by atoms with Crippen molar-refractivity contribution < 1.29 is 0 Å². The molecule has 9 aromatic rings. The van der Waals surface area contributed by atoms with E-state index in [1.54, 1.807) is 0 Å². The Morgan fingerprint density at radius 1 is 0.388 bits per heavy atom. The standard InChI is InChI=1S/C47H34N2/c1-48(40-15-6-3-7-16-40)41-27-23-36(24-28-41)34-19-21-37(22-20-34)43-17-10-18-44-45-31-38-13-8-9-14-39(38)32-46(45)49(47(43)44)42-29-25-35(26-30-42)33-11-4-2-5-12-33/h2-32H,1H3. The van der Waals surface area contributed by atoms with Crippen LogP contribution in [0.1, 0.15) is 0 Å². The van der Waals surface area contributed by atoms with Crippen molar-refractivity contribution in [3.63, 3.8) is 0 Å². The smallest absolute Gasteiger partial charge is 0.0619 e. The molecule has 1 heterocycles. The summed E-state index contributed by atoms with van der Waals surface area (Å²) in [5.74, 6) is 0. The second-order valence-electron chi connectivity index (χ2n) is 12.7. The van der Waals surface area contributed by atoms with Crippen molar-refractivity contribution in [3.8, 4) is 39.1 Å². The Balaban J connectivity index is 1.15. The topological polar surface area (TPSA) is 8.17 Å². The van der Waals surface area contributed by atoms with Gasteiger partial charge in [-0.3, -0.25) is 0 Å². The normalized spacial score (nSPS) is 11.4. The number of benzene rings is 8. The molecule has 0 unspecified atom stereocenters. The molecular formula is C47H34N2. The predicted molar refractivity (Wildman–Crippen MR) is 209 cm³/mol. The molecule has 232 valence electrons. The summed E-state index contributed by atoms with van der Waals surface area (Å²) in [4.78, 5) is 2.21. The summed E-state index contributed by atoms with van der Waals surface area (Å²) < 4.78 is 2.46. The van der Waals surface area contributed by atoms with E-state index in [1.807, 2.05) is 0 Å². The molecular weight excluding hydrogens is 593 g/mol. The Hall–Kier alpha value is -6.38. The Labute approximate surface area is 286 Å². The van der Waals surface area contributed by atoms with Crippen molar-refractivity contribution in [2.24, 2.45) is 0 Å². The van der Waals surface area contributed by atoms with Crippen LogP contribution in [0, 0.1) is 0 Å². The van der Waals surface area contributed by atoms with Crippen molar-refractivity contribution in [1.29, 1.82) is 0 Å². The largest absolute Gasteiger partial charge is 0.345 e. The molecule has 9 rings (SSSR count). The number of para-hydroxylation sites is 2. The molecule has 0 saturated carbocycles. The quantitative estimate of drug-likeness (QED) is 0.178. The van der Waals surface area contributed by atoms with Gasteiger partial charge in [0.15, 0.2) is 0 Å². The summed E-state index contributed by atoms with van der Waals surface area (Å²) >= 11 is 0. The van der Waals surface area contributed by atoms with Gasteiger partial charge in [-0.25, -0.2) is 0 Å². The maximum absolute atomic E-state index is 2.46. The first-order valence-electron chi connectivity index (χ1n) is 16.8. The van der Waals surface area contributed by atoms with Crippen molar-refractivity contribution >= 4 is 44.0 Å². The number of anilines is 2. The zero-order valence-corrected chi connectivity index (χ0v) is 27.3. The fourth-order valence-electron chi connectivity index (χ4n) is 7.21. The third kappa shape index (κ3) is 5.15. The molecule has 8 aromatic carbocycles. The monoisotopic (exact) mass is 626 g/mol. The fourth-order valence-corrected chi connectivity index (χ4v) is 7.21. The maximum Gasteiger partial charge on any atom is 0.0619 e. The van der Waals surface area contributed by atoms with Gasteiger partial charge in [0.05, 0.1) is 11.0 Å². The van der Waals surface area contributed by atoms with Crippen LogP contribution < -0.4 is 4.90 Å². The molecule has 0 bridgehead atoms. The molecule has 0 radical (unpaired) electrons. The summed E-state index contributed by atoms with van der Waals surface area (Å²) in [6.07, 6.45) is 0. The molecule has 0 saturated heterocycles. The second-order valence-corrected chi connectivity index (χ2v) is 12.7. The molecule has 49 heavy (non-hydrogen) atoms. The Morgan fingerprint density at radius 3 is 1.57 bits per heavy atom. The minimum Gasteiger partial charge on any atom is -0.345 e. The Morgan fingerprint density at radius 2 is 0.898 bits per heavy atom. The number of rotatable bonds is 6. The van der Waals surface area contributed by atoms with Crippen molar-refractivity contribution in [1.82, 2.24) is 4.57 Å². The van der Waals surface area contributed by atoms with E-state index in [2.05, 4.69) is 205 Å². The number of fused-ring (bicyclic) bond motifs is 4. The average molecular weight is 627 g/mol. The third-order valence-corrected chi connectivity index (χ3v) is 9.81. The van der Waals surface area contributed by atoms with Crippen LogP contribution in [0.4, 0.5) is 11.4 Å². The summed E-state index contributed by atoms with van der Waals surface area (Å²) in [6, 6.07) is 68.0. The molecule has 0 aliphatic carbocycles. The first kappa shape index (κ1) is 28.8. The first-order valence-corrected chi connectivity index (χ1v) is 16.8. The van der Waals surface area contributed by atoms with Gasteiger partial charge in [-0.05, 0) is 87.1 Å². The zero-order chi connectivity index (χ0) is 32.7.